The second-order valence-electron chi connectivity index (χ2n) is 6.85. The summed E-state index contributed by atoms with van der Waals surface area (Å²) in [6.45, 7) is 0. The van der Waals surface area contributed by atoms with Gasteiger partial charge in [-0.2, -0.15) is 0 Å². The molecule has 0 aliphatic carbocycles. The zero-order chi connectivity index (χ0) is 18.4. The Hall–Kier alpha value is -2.66. The number of halogens is 2. The number of anilines is 1. The van der Waals surface area contributed by atoms with Gasteiger partial charge in [0.25, 0.3) is 0 Å². The minimum atomic E-state index is -0.217. The van der Waals surface area contributed by atoms with Gasteiger partial charge in [0.1, 0.15) is 5.82 Å². The quantitative estimate of drug-likeness (QED) is 0.424. The summed E-state index contributed by atoms with van der Waals surface area (Å²) >= 11 is 3.60. The summed E-state index contributed by atoms with van der Waals surface area (Å²) in [5.74, 6) is 0.632. The summed E-state index contributed by atoms with van der Waals surface area (Å²) in [5.41, 5.74) is 4.37. The molecule has 27 heavy (non-hydrogen) atoms. The third kappa shape index (κ3) is 2.92. The number of para-hydroxylation sites is 2. The van der Waals surface area contributed by atoms with Gasteiger partial charge in [0, 0.05) is 4.47 Å². The van der Waals surface area contributed by atoms with Crippen LogP contribution in [-0.4, -0.2) is 9.55 Å². The fourth-order valence-corrected chi connectivity index (χ4v) is 4.34. The molecule has 0 saturated heterocycles. The Bertz CT molecular complexity index is 1120. The van der Waals surface area contributed by atoms with E-state index in [9.17, 15) is 4.39 Å². The average molecular weight is 422 g/mol. The van der Waals surface area contributed by atoms with Crippen LogP contribution in [0.1, 0.15) is 29.6 Å². The van der Waals surface area contributed by atoms with Gasteiger partial charge in [-0.3, -0.25) is 0 Å². The first-order chi connectivity index (χ1) is 13.2. The summed E-state index contributed by atoms with van der Waals surface area (Å²) in [6, 6.07) is 23.6. The molecule has 1 aromatic heterocycles. The highest BCUT2D eigenvalue weighted by atomic mass is 79.9. The first kappa shape index (κ1) is 16.5. The van der Waals surface area contributed by atoms with Gasteiger partial charge in [-0.05, 0) is 53.9 Å². The topological polar surface area (TPSA) is 29.9 Å². The SMILES string of the molecule is Fc1ccc(C2CC(c3cccc(Br)c3)n3c(nc4ccccc43)N2)cc1. The van der Waals surface area contributed by atoms with Crippen molar-refractivity contribution >= 4 is 32.9 Å². The van der Waals surface area contributed by atoms with Gasteiger partial charge >= 0.3 is 0 Å². The zero-order valence-corrected chi connectivity index (χ0v) is 16.0. The van der Waals surface area contributed by atoms with E-state index in [-0.39, 0.29) is 17.9 Å². The van der Waals surface area contributed by atoms with Gasteiger partial charge in [0.05, 0.1) is 23.1 Å². The van der Waals surface area contributed by atoms with Crippen LogP contribution in [0, 0.1) is 5.82 Å². The Morgan fingerprint density at radius 2 is 1.78 bits per heavy atom. The standard InChI is InChI=1S/C22H17BrFN3/c23-16-5-3-4-15(12-16)21-13-19(14-8-10-17(24)11-9-14)26-22-25-18-6-1-2-7-20(18)27(21)22/h1-12,19,21H,13H2,(H,25,26). The van der Waals surface area contributed by atoms with Gasteiger partial charge in [-0.1, -0.05) is 52.3 Å². The lowest BCUT2D eigenvalue weighted by Gasteiger charge is -2.33. The number of fused-ring (bicyclic) bond motifs is 3. The Labute approximate surface area is 165 Å². The molecule has 2 atom stereocenters. The Balaban J connectivity index is 1.67. The van der Waals surface area contributed by atoms with Crippen molar-refractivity contribution in [1.29, 1.82) is 0 Å². The Morgan fingerprint density at radius 3 is 2.59 bits per heavy atom. The molecule has 0 fully saturated rings. The van der Waals surface area contributed by atoms with E-state index in [1.54, 1.807) is 0 Å². The van der Waals surface area contributed by atoms with Crippen LogP contribution < -0.4 is 5.32 Å². The third-order valence-electron chi connectivity index (χ3n) is 5.18. The molecule has 5 rings (SSSR count). The van der Waals surface area contributed by atoms with E-state index in [0.29, 0.717) is 0 Å². The van der Waals surface area contributed by atoms with Crippen LogP contribution >= 0.6 is 15.9 Å². The van der Waals surface area contributed by atoms with E-state index >= 15 is 0 Å². The van der Waals surface area contributed by atoms with Crippen molar-refractivity contribution < 1.29 is 4.39 Å². The molecule has 134 valence electrons. The first-order valence-corrected chi connectivity index (χ1v) is 9.73. The number of benzene rings is 3. The minimum Gasteiger partial charge on any atom is -0.349 e. The summed E-state index contributed by atoms with van der Waals surface area (Å²) in [4.78, 5) is 4.81. The molecular formula is C22H17BrFN3. The molecular weight excluding hydrogens is 405 g/mol. The molecule has 4 aromatic rings. The number of rotatable bonds is 2. The van der Waals surface area contributed by atoms with E-state index in [2.05, 4.69) is 50.1 Å². The molecule has 2 heterocycles. The fourth-order valence-electron chi connectivity index (χ4n) is 3.92. The smallest absolute Gasteiger partial charge is 0.204 e. The highest BCUT2D eigenvalue weighted by Crippen LogP contribution is 2.41. The minimum absolute atomic E-state index is 0.0684. The monoisotopic (exact) mass is 421 g/mol. The number of aromatic nitrogens is 2. The molecule has 0 saturated carbocycles. The van der Waals surface area contributed by atoms with Crippen molar-refractivity contribution in [2.45, 2.75) is 18.5 Å². The predicted octanol–water partition coefficient (Wildman–Crippen LogP) is 6.08. The summed E-state index contributed by atoms with van der Waals surface area (Å²) in [6.07, 6.45) is 0.857. The third-order valence-corrected chi connectivity index (χ3v) is 5.67. The van der Waals surface area contributed by atoms with E-state index < -0.39 is 0 Å². The number of imidazole rings is 1. The van der Waals surface area contributed by atoms with Gasteiger partial charge < -0.3 is 9.88 Å². The van der Waals surface area contributed by atoms with Gasteiger partial charge in [-0.15, -0.1) is 0 Å². The molecule has 0 radical (unpaired) electrons. The highest BCUT2D eigenvalue weighted by Gasteiger charge is 2.31. The molecule has 2 unspecified atom stereocenters. The Morgan fingerprint density at radius 1 is 0.963 bits per heavy atom. The molecule has 5 heteroatoms. The molecule has 0 amide bonds. The second kappa shape index (κ2) is 6.50. The van der Waals surface area contributed by atoms with Crippen molar-refractivity contribution in [3.05, 3.63) is 94.2 Å². The van der Waals surface area contributed by atoms with Crippen LogP contribution in [0.3, 0.4) is 0 Å². The molecule has 1 aliphatic rings. The number of nitrogens with zero attached hydrogens (tertiary/aromatic N) is 2. The maximum atomic E-state index is 13.4. The summed E-state index contributed by atoms with van der Waals surface area (Å²) in [7, 11) is 0. The highest BCUT2D eigenvalue weighted by molar-refractivity contribution is 9.10. The lowest BCUT2D eigenvalue weighted by Crippen LogP contribution is -2.27. The van der Waals surface area contributed by atoms with E-state index in [4.69, 9.17) is 4.98 Å². The van der Waals surface area contributed by atoms with Crippen LogP contribution in [-0.2, 0) is 0 Å². The van der Waals surface area contributed by atoms with Crippen LogP contribution in [0.2, 0.25) is 0 Å². The maximum absolute atomic E-state index is 13.4. The van der Waals surface area contributed by atoms with Crippen molar-refractivity contribution in [1.82, 2.24) is 9.55 Å². The van der Waals surface area contributed by atoms with Gasteiger partial charge in [0.2, 0.25) is 5.95 Å². The maximum Gasteiger partial charge on any atom is 0.204 e. The Kier molecular flexibility index (Phi) is 3.97. The molecule has 3 nitrogen and oxygen atoms in total. The molecule has 1 N–H and O–H groups in total. The zero-order valence-electron chi connectivity index (χ0n) is 14.4. The van der Waals surface area contributed by atoms with Crippen molar-refractivity contribution in [2.75, 3.05) is 5.32 Å². The normalized spacial score (nSPS) is 18.9. The van der Waals surface area contributed by atoms with Crippen LogP contribution in [0.5, 0.6) is 0 Å². The van der Waals surface area contributed by atoms with Crippen molar-refractivity contribution in [3.63, 3.8) is 0 Å². The van der Waals surface area contributed by atoms with Crippen molar-refractivity contribution in [3.8, 4) is 0 Å². The first-order valence-electron chi connectivity index (χ1n) is 8.93. The number of nitrogens with one attached hydrogen (secondary N) is 1. The van der Waals surface area contributed by atoms with Crippen molar-refractivity contribution in [2.24, 2.45) is 0 Å². The van der Waals surface area contributed by atoms with Crippen LogP contribution in [0.15, 0.2) is 77.3 Å². The van der Waals surface area contributed by atoms with Crippen LogP contribution in [0.4, 0.5) is 10.3 Å². The summed E-state index contributed by atoms with van der Waals surface area (Å²) in [5, 5.41) is 3.55. The van der Waals surface area contributed by atoms with Crippen LogP contribution in [0.25, 0.3) is 11.0 Å². The van der Waals surface area contributed by atoms with E-state index in [0.717, 1.165) is 33.4 Å². The molecule has 3 aromatic carbocycles. The van der Waals surface area contributed by atoms with E-state index in [1.807, 2.05) is 36.4 Å². The number of hydrogen-bond acceptors (Lipinski definition) is 2. The predicted molar refractivity (Wildman–Crippen MR) is 109 cm³/mol. The molecule has 0 bridgehead atoms. The van der Waals surface area contributed by atoms with Gasteiger partial charge in [0.15, 0.2) is 0 Å². The van der Waals surface area contributed by atoms with Gasteiger partial charge in [-0.25, -0.2) is 9.37 Å². The lowest BCUT2D eigenvalue weighted by atomic mass is 9.93. The lowest BCUT2D eigenvalue weighted by molar-refractivity contribution is 0.477. The fraction of sp³-hybridized carbons (Fsp3) is 0.136. The summed E-state index contributed by atoms with van der Waals surface area (Å²) < 4.78 is 16.7. The largest absolute Gasteiger partial charge is 0.349 e. The van der Waals surface area contributed by atoms with E-state index in [1.165, 1.54) is 17.7 Å². The average Bonchev–Trinajstić information content (AvgIpc) is 3.06. The second-order valence-corrected chi connectivity index (χ2v) is 7.76. The molecule has 0 spiro atoms. The number of hydrogen-bond donors (Lipinski definition) is 1. The molecule has 1 aliphatic heterocycles.